The number of carbonyl (C=O) groups excluding carboxylic acids is 2. The van der Waals surface area contributed by atoms with Crippen molar-refractivity contribution in [2.75, 3.05) is 19.7 Å². The molecule has 86 valence electrons. The number of hydrogen-bond acceptors (Lipinski definition) is 3. The number of nitrogens with one attached hydrogen (secondary N) is 2. The maximum Gasteiger partial charge on any atom is 0.314 e. The highest BCUT2D eigenvalue weighted by atomic mass is 16.5. The molecule has 1 aliphatic rings. The molecule has 5 nitrogen and oxygen atoms in total. The van der Waals surface area contributed by atoms with Gasteiger partial charge in [-0.2, -0.15) is 0 Å². The van der Waals surface area contributed by atoms with Gasteiger partial charge in [-0.25, -0.2) is 4.79 Å². The molecule has 2 N–H and O–H groups in total. The van der Waals surface area contributed by atoms with Gasteiger partial charge in [-0.15, -0.1) is 0 Å². The number of rotatable bonds is 5. The molecule has 0 aromatic rings. The summed E-state index contributed by atoms with van der Waals surface area (Å²) in [6.45, 7) is 5.07. The van der Waals surface area contributed by atoms with Crippen LogP contribution in [0.5, 0.6) is 0 Å². The number of hydrogen-bond donors (Lipinski definition) is 2. The van der Waals surface area contributed by atoms with Gasteiger partial charge < -0.3 is 15.4 Å². The Hall–Kier alpha value is -1.26. The molecule has 2 unspecified atom stereocenters. The van der Waals surface area contributed by atoms with Crippen molar-refractivity contribution in [3.8, 4) is 0 Å². The Morgan fingerprint density at radius 2 is 2.07 bits per heavy atom. The Bertz CT molecular complexity index is 243. The minimum atomic E-state index is -0.228. The van der Waals surface area contributed by atoms with E-state index < -0.39 is 0 Å². The van der Waals surface area contributed by atoms with Crippen LogP contribution < -0.4 is 10.6 Å². The first kappa shape index (κ1) is 11.8. The first-order valence-electron chi connectivity index (χ1n) is 5.33. The van der Waals surface area contributed by atoms with E-state index in [1.165, 1.54) is 0 Å². The lowest BCUT2D eigenvalue weighted by atomic mass is 10.3. The Morgan fingerprint density at radius 1 is 1.40 bits per heavy atom. The summed E-state index contributed by atoms with van der Waals surface area (Å²) in [5.74, 6) is 0.420. The van der Waals surface area contributed by atoms with E-state index in [9.17, 15) is 9.59 Å². The molecule has 1 aliphatic carbocycles. The molecule has 0 bridgehead atoms. The fraction of sp³-hybridized carbons (Fsp3) is 0.800. The van der Waals surface area contributed by atoms with E-state index in [4.69, 9.17) is 4.74 Å². The molecule has 0 aromatic carbocycles. The zero-order valence-electron chi connectivity index (χ0n) is 9.21. The van der Waals surface area contributed by atoms with Crippen LogP contribution in [0.4, 0.5) is 4.79 Å². The Balaban J connectivity index is 1.97. The van der Waals surface area contributed by atoms with Crippen molar-refractivity contribution in [2.45, 2.75) is 20.3 Å². The van der Waals surface area contributed by atoms with Gasteiger partial charge in [0.05, 0.1) is 12.5 Å². The summed E-state index contributed by atoms with van der Waals surface area (Å²) < 4.78 is 4.98. The van der Waals surface area contributed by atoms with Gasteiger partial charge in [0.1, 0.15) is 6.61 Å². The zero-order chi connectivity index (χ0) is 11.3. The molecule has 15 heavy (non-hydrogen) atoms. The SMILES string of the molecule is CCNC(=O)NCCOC(=O)C1CC1C. The van der Waals surface area contributed by atoms with Gasteiger partial charge in [-0.1, -0.05) is 6.92 Å². The lowest BCUT2D eigenvalue weighted by Gasteiger charge is -2.06. The van der Waals surface area contributed by atoms with Crippen molar-refractivity contribution in [1.29, 1.82) is 0 Å². The number of amides is 2. The van der Waals surface area contributed by atoms with Crippen LogP contribution in [0.1, 0.15) is 20.3 Å². The maximum absolute atomic E-state index is 11.2. The summed E-state index contributed by atoms with van der Waals surface area (Å²) in [6.07, 6.45) is 0.933. The monoisotopic (exact) mass is 214 g/mol. The molecule has 1 fully saturated rings. The third kappa shape index (κ3) is 4.18. The van der Waals surface area contributed by atoms with E-state index in [1.54, 1.807) is 0 Å². The van der Waals surface area contributed by atoms with Gasteiger partial charge in [0.15, 0.2) is 0 Å². The minimum absolute atomic E-state index is 0.0921. The van der Waals surface area contributed by atoms with Crippen LogP contribution in [-0.4, -0.2) is 31.7 Å². The first-order valence-corrected chi connectivity index (χ1v) is 5.33. The topological polar surface area (TPSA) is 67.4 Å². The summed E-state index contributed by atoms with van der Waals surface area (Å²) in [5, 5.41) is 5.17. The summed E-state index contributed by atoms with van der Waals surface area (Å²) in [4.78, 5) is 22.2. The van der Waals surface area contributed by atoms with Crippen molar-refractivity contribution in [1.82, 2.24) is 10.6 Å². The second kappa shape index (κ2) is 5.58. The van der Waals surface area contributed by atoms with Crippen molar-refractivity contribution >= 4 is 12.0 Å². The molecule has 0 saturated heterocycles. The highest BCUT2D eigenvalue weighted by molar-refractivity contribution is 5.76. The minimum Gasteiger partial charge on any atom is -0.464 e. The van der Waals surface area contributed by atoms with Gasteiger partial charge in [0.25, 0.3) is 0 Å². The van der Waals surface area contributed by atoms with Gasteiger partial charge in [-0.05, 0) is 19.3 Å². The largest absolute Gasteiger partial charge is 0.464 e. The van der Waals surface area contributed by atoms with Crippen LogP contribution in [0.3, 0.4) is 0 Å². The number of esters is 1. The molecule has 1 saturated carbocycles. The van der Waals surface area contributed by atoms with Crippen molar-refractivity contribution in [2.24, 2.45) is 11.8 Å². The highest BCUT2D eigenvalue weighted by Gasteiger charge is 2.40. The summed E-state index contributed by atoms with van der Waals surface area (Å²) in [5.41, 5.74) is 0. The molecule has 0 spiro atoms. The highest BCUT2D eigenvalue weighted by Crippen LogP contribution is 2.38. The van der Waals surface area contributed by atoms with E-state index in [0.717, 1.165) is 6.42 Å². The molecule has 1 rings (SSSR count). The van der Waals surface area contributed by atoms with Crippen molar-refractivity contribution in [3.05, 3.63) is 0 Å². The smallest absolute Gasteiger partial charge is 0.314 e. The fourth-order valence-electron chi connectivity index (χ4n) is 1.30. The molecule has 0 aromatic heterocycles. The third-order valence-electron chi connectivity index (χ3n) is 2.38. The van der Waals surface area contributed by atoms with Crippen LogP contribution in [0.2, 0.25) is 0 Å². The second-order valence-corrected chi connectivity index (χ2v) is 3.77. The standard InChI is InChI=1S/C10H18N2O3/c1-3-11-10(14)12-4-5-15-9(13)8-6-7(8)2/h7-8H,3-6H2,1-2H3,(H2,11,12,14). The normalized spacial score (nSPS) is 23.1. The van der Waals surface area contributed by atoms with Gasteiger partial charge in [-0.3, -0.25) is 4.79 Å². The lowest BCUT2D eigenvalue weighted by molar-refractivity contribution is -0.145. The Labute approximate surface area is 89.6 Å². The summed E-state index contributed by atoms with van der Waals surface area (Å²) in [6, 6.07) is -0.228. The number of urea groups is 1. The molecular weight excluding hydrogens is 196 g/mol. The van der Waals surface area contributed by atoms with E-state index in [1.807, 2.05) is 13.8 Å². The van der Waals surface area contributed by atoms with E-state index in [-0.39, 0.29) is 24.5 Å². The molecule has 2 amide bonds. The molecule has 0 radical (unpaired) electrons. The van der Waals surface area contributed by atoms with E-state index in [0.29, 0.717) is 19.0 Å². The van der Waals surface area contributed by atoms with Crippen molar-refractivity contribution < 1.29 is 14.3 Å². The van der Waals surface area contributed by atoms with Crippen LogP contribution in [0, 0.1) is 11.8 Å². The molecule has 0 aliphatic heterocycles. The fourth-order valence-corrected chi connectivity index (χ4v) is 1.30. The van der Waals surface area contributed by atoms with Crippen LogP contribution in [0.15, 0.2) is 0 Å². The van der Waals surface area contributed by atoms with Gasteiger partial charge >= 0.3 is 12.0 Å². The quantitative estimate of drug-likeness (QED) is 0.517. The number of ether oxygens (including phenoxy) is 1. The lowest BCUT2D eigenvalue weighted by Crippen LogP contribution is -2.37. The Morgan fingerprint density at radius 3 is 2.60 bits per heavy atom. The molecule has 2 atom stereocenters. The number of carbonyl (C=O) groups is 2. The Kier molecular flexibility index (Phi) is 4.39. The maximum atomic E-state index is 11.2. The predicted octanol–water partition coefficient (Wildman–Crippen LogP) is 0.505. The van der Waals surface area contributed by atoms with Crippen LogP contribution in [-0.2, 0) is 9.53 Å². The average molecular weight is 214 g/mol. The van der Waals surface area contributed by atoms with Crippen LogP contribution in [0.25, 0.3) is 0 Å². The van der Waals surface area contributed by atoms with E-state index >= 15 is 0 Å². The predicted molar refractivity (Wildman–Crippen MR) is 55.3 cm³/mol. The summed E-state index contributed by atoms with van der Waals surface area (Å²) >= 11 is 0. The molecule has 5 heteroatoms. The third-order valence-corrected chi connectivity index (χ3v) is 2.38. The average Bonchev–Trinajstić information content (AvgIpc) is 2.90. The van der Waals surface area contributed by atoms with Crippen molar-refractivity contribution in [3.63, 3.8) is 0 Å². The zero-order valence-corrected chi connectivity index (χ0v) is 9.21. The van der Waals surface area contributed by atoms with Gasteiger partial charge in [0.2, 0.25) is 0 Å². The van der Waals surface area contributed by atoms with Gasteiger partial charge in [0, 0.05) is 6.54 Å². The molecule has 0 heterocycles. The summed E-state index contributed by atoms with van der Waals surface area (Å²) in [7, 11) is 0. The molecular formula is C10H18N2O3. The van der Waals surface area contributed by atoms with Crippen LogP contribution >= 0.6 is 0 Å². The first-order chi connectivity index (χ1) is 7.15. The van der Waals surface area contributed by atoms with E-state index in [2.05, 4.69) is 10.6 Å². The second-order valence-electron chi connectivity index (χ2n) is 3.77.